The van der Waals surface area contributed by atoms with Crippen molar-refractivity contribution in [3.05, 3.63) is 35.6 Å². The van der Waals surface area contributed by atoms with E-state index in [1.54, 1.807) is 12.1 Å². The first-order valence-electron chi connectivity index (χ1n) is 6.84. The van der Waals surface area contributed by atoms with Gasteiger partial charge in [-0.15, -0.1) is 0 Å². The van der Waals surface area contributed by atoms with Gasteiger partial charge >= 0.3 is 0 Å². The van der Waals surface area contributed by atoms with Crippen molar-refractivity contribution in [1.82, 2.24) is 5.32 Å². The third-order valence-corrected chi connectivity index (χ3v) is 3.51. The Morgan fingerprint density at radius 3 is 2.63 bits per heavy atom. The molecule has 0 aliphatic heterocycles. The van der Waals surface area contributed by atoms with Gasteiger partial charge in [-0.2, -0.15) is 0 Å². The number of carbonyl (C=O) groups is 1. The Morgan fingerprint density at radius 1 is 1.42 bits per heavy atom. The van der Waals surface area contributed by atoms with Crippen LogP contribution in [0.3, 0.4) is 0 Å². The number of halogens is 1. The molecule has 1 aromatic carbocycles. The average Bonchev–Trinajstić information content (AvgIpc) is 3.15. The number of hydrogen-bond acceptors (Lipinski definition) is 2. The molecule has 104 valence electrons. The van der Waals surface area contributed by atoms with Crippen molar-refractivity contribution in [2.45, 2.75) is 44.7 Å². The van der Waals surface area contributed by atoms with Gasteiger partial charge in [-0.25, -0.2) is 4.39 Å². The van der Waals surface area contributed by atoms with Gasteiger partial charge in [-0.1, -0.05) is 12.1 Å². The summed E-state index contributed by atoms with van der Waals surface area (Å²) < 4.78 is 12.8. The van der Waals surface area contributed by atoms with Crippen LogP contribution in [0.25, 0.3) is 0 Å². The van der Waals surface area contributed by atoms with Gasteiger partial charge in [0.1, 0.15) is 5.82 Å². The van der Waals surface area contributed by atoms with Crippen molar-refractivity contribution in [2.24, 2.45) is 11.7 Å². The number of rotatable bonds is 6. The molecule has 0 spiro atoms. The average molecular weight is 264 g/mol. The lowest BCUT2D eigenvalue weighted by Crippen LogP contribution is -2.38. The Morgan fingerprint density at radius 2 is 2.05 bits per heavy atom. The highest BCUT2D eigenvalue weighted by molar-refractivity contribution is 5.77. The molecule has 0 bridgehead atoms. The van der Waals surface area contributed by atoms with Gasteiger partial charge in [0.2, 0.25) is 5.91 Å². The lowest BCUT2D eigenvalue weighted by Gasteiger charge is -2.16. The first-order chi connectivity index (χ1) is 9.04. The molecule has 1 aromatic rings. The molecule has 3 N–H and O–H groups in total. The molecular formula is C15H21FN2O. The van der Waals surface area contributed by atoms with Gasteiger partial charge in [0, 0.05) is 18.5 Å². The Bertz CT molecular complexity index is 428. The molecule has 2 rings (SSSR count). The van der Waals surface area contributed by atoms with E-state index in [2.05, 4.69) is 5.32 Å². The first-order valence-corrected chi connectivity index (χ1v) is 6.84. The number of carbonyl (C=O) groups excluding carboxylic acids is 1. The van der Waals surface area contributed by atoms with E-state index in [0.29, 0.717) is 18.8 Å². The standard InChI is InChI=1S/C15H21FN2O/c1-10(8-11-2-6-13(16)7-3-11)18-15(19)9-14(17)12-4-5-12/h2-3,6-7,10,12,14H,4-5,8-9,17H2,1H3,(H,18,19). The van der Waals surface area contributed by atoms with Gasteiger partial charge in [-0.3, -0.25) is 4.79 Å². The predicted octanol–water partition coefficient (Wildman–Crippen LogP) is 2.00. The van der Waals surface area contributed by atoms with E-state index in [1.165, 1.54) is 12.1 Å². The number of nitrogens with one attached hydrogen (secondary N) is 1. The lowest BCUT2D eigenvalue weighted by atomic mass is 10.1. The molecule has 0 heterocycles. The summed E-state index contributed by atoms with van der Waals surface area (Å²) in [6, 6.07) is 6.39. The summed E-state index contributed by atoms with van der Waals surface area (Å²) in [5, 5.41) is 2.94. The zero-order valence-electron chi connectivity index (χ0n) is 11.2. The summed E-state index contributed by atoms with van der Waals surface area (Å²) in [5.74, 6) is 0.308. The third-order valence-electron chi connectivity index (χ3n) is 3.51. The summed E-state index contributed by atoms with van der Waals surface area (Å²) >= 11 is 0. The normalized spacial score (nSPS) is 17.8. The van der Waals surface area contributed by atoms with Gasteiger partial charge in [0.25, 0.3) is 0 Å². The summed E-state index contributed by atoms with van der Waals surface area (Å²) in [7, 11) is 0. The van der Waals surface area contributed by atoms with Crippen molar-refractivity contribution < 1.29 is 9.18 Å². The van der Waals surface area contributed by atoms with Crippen molar-refractivity contribution >= 4 is 5.91 Å². The van der Waals surface area contributed by atoms with Crippen LogP contribution in [0.1, 0.15) is 31.7 Å². The molecule has 1 fully saturated rings. The van der Waals surface area contributed by atoms with Gasteiger partial charge in [0.05, 0.1) is 0 Å². The molecule has 2 unspecified atom stereocenters. The number of amides is 1. The van der Waals surface area contributed by atoms with Crippen LogP contribution in [0.4, 0.5) is 4.39 Å². The maximum Gasteiger partial charge on any atom is 0.221 e. The fraction of sp³-hybridized carbons (Fsp3) is 0.533. The zero-order valence-corrected chi connectivity index (χ0v) is 11.2. The molecule has 0 saturated heterocycles. The highest BCUT2D eigenvalue weighted by atomic mass is 19.1. The minimum atomic E-state index is -0.240. The lowest BCUT2D eigenvalue weighted by molar-refractivity contribution is -0.122. The van der Waals surface area contributed by atoms with Crippen LogP contribution in [0.5, 0.6) is 0 Å². The Kier molecular flexibility index (Phi) is 4.53. The van der Waals surface area contributed by atoms with E-state index >= 15 is 0 Å². The van der Waals surface area contributed by atoms with Gasteiger partial charge in [-0.05, 0) is 49.8 Å². The van der Waals surface area contributed by atoms with Crippen molar-refractivity contribution in [3.8, 4) is 0 Å². The van der Waals surface area contributed by atoms with Gasteiger partial charge in [0.15, 0.2) is 0 Å². The van der Waals surface area contributed by atoms with E-state index in [9.17, 15) is 9.18 Å². The first kappa shape index (κ1) is 14.0. The summed E-state index contributed by atoms with van der Waals surface area (Å²) in [4.78, 5) is 11.8. The minimum absolute atomic E-state index is 0.00183. The fourth-order valence-electron chi connectivity index (χ4n) is 2.26. The molecule has 1 aliphatic rings. The topological polar surface area (TPSA) is 55.1 Å². The highest BCUT2D eigenvalue weighted by Gasteiger charge is 2.29. The Labute approximate surface area is 113 Å². The Hall–Kier alpha value is -1.42. The quantitative estimate of drug-likeness (QED) is 0.825. The third kappa shape index (κ3) is 4.63. The number of benzene rings is 1. The second kappa shape index (κ2) is 6.15. The van der Waals surface area contributed by atoms with E-state index in [1.807, 2.05) is 6.92 Å². The van der Waals surface area contributed by atoms with Crippen LogP contribution in [0.2, 0.25) is 0 Å². The van der Waals surface area contributed by atoms with Crippen molar-refractivity contribution in [2.75, 3.05) is 0 Å². The van der Waals surface area contributed by atoms with Crippen LogP contribution in [0, 0.1) is 11.7 Å². The maximum absolute atomic E-state index is 12.8. The summed E-state index contributed by atoms with van der Waals surface area (Å²) in [6.45, 7) is 1.95. The molecule has 0 aromatic heterocycles. The summed E-state index contributed by atoms with van der Waals surface area (Å²) in [6.07, 6.45) is 3.41. The number of nitrogens with two attached hydrogens (primary N) is 1. The van der Waals surface area contributed by atoms with Crippen LogP contribution < -0.4 is 11.1 Å². The maximum atomic E-state index is 12.8. The summed E-state index contributed by atoms with van der Waals surface area (Å²) in [5.41, 5.74) is 6.94. The molecule has 19 heavy (non-hydrogen) atoms. The minimum Gasteiger partial charge on any atom is -0.353 e. The molecule has 1 saturated carbocycles. The molecule has 4 heteroatoms. The van der Waals surface area contributed by atoms with Crippen LogP contribution in [-0.2, 0) is 11.2 Å². The van der Waals surface area contributed by atoms with E-state index in [-0.39, 0.29) is 23.8 Å². The van der Waals surface area contributed by atoms with E-state index in [0.717, 1.165) is 18.4 Å². The second-order valence-electron chi connectivity index (χ2n) is 5.50. The largest absolute Gasteiger partial charge is 0.353 e. The van der Waals surface area contributed by atoms with Crippen LogP contribution in [-0.4, -0.2) is 18.0 Å². The zero-order chi connectivity index (χ0) is 13.8. The molecule has 2 atom stereocenters. The smallest absolute Gasteiger partial charge is 0.221 e. The number of hydrogen-bond donors (Lipinski definition) is 2. The molecule has 1 amide bonds. The van der Waals surface area contributed by atoms with Gasteiger partial charge < -0.3 is 11.1 Å². The van der Waals surface area contributed by atoms with Crippen LogP contribution >= 0.6 is 0 Å². The van der Waals surface area contributed by atoms with Crippen molar-refractivity contribution in [1.29, 1.82) is 0 Å². The van der Waals surface area contributed by atoms with Crippen molar-refractivity contribution in [3.63, 3.8) is 0 Å². The molecule has 0 radical (unpaired) electrons. The van der Waals surface area contributed by atoms with E-state index in [4.69, 9.17) is 5.73 Å². The predicted molar refractivity (Wildman–Crippen MR) is 73.0 cm³/mol. The highest BCUT2D eigenvalue weighted by Crippen LogP contribution is 2.32. The Balaban J connectivity index is 1.75. The second-order valence-corrected chi connectivity index (χ2v) is 5.50. The van der Waals surface area contributed by atoms with Crippen LogP contribution in [0.15, 0.2) is 24.3 Å². The SMILES string of the molecule is CC(Cc1ccc(F)cc1)NC(=O)CC(N)C1CC1. The van der Waals surface area contributed by atoms with E-state index < -0.39 is 0 Å². The molecule has 1 aliphatic carbocycles. The molecule has 3 nitrogen and oxygen atoms in total. The molecular weight excluding hydrogens is 243 g/mol. The monoisotopic (exact) mass is 264 g/mol. The fourth-order valence-corrected chi connectivity index (χ4v) is 2.26.